The fraction of sp³-hybridized carbons (Fsp3) is 0.500. The molecule has 0 saturated heterocycles. The first-order chi connectivity index (χ1) is 5.96. The van der Waals surface area contributed by atoms with Crippen LogP contribution in [0.25, 0.3) is 0 Å². The zero-order chi connectivity index (χ0) is 10.1. The largest absolute Gasteiger partial charge is 0.323 e. The summed E-state index contributed by atoms with van der Waals surface area (Å²) in [6, 6.07) is 3.20. The molecule has 0 fully saturated rings. The molecule has 1 unspecified atom stereocenters. The van der Waals surface area contributed by atoms with Crippen molar-refractivity contribution in [1.29, 1.82) is 0 Å². The summed E-state index contributed by atoms with van der Waals surface area (Å²) in [5.41, 5.74) is 6.39. The van der Waals surface area contributed by atoms with E-state index >= 15 is 0 Å². The van der Waals surface area contributed by atoms with E-state index < -0.39 is 10.0 Å². The van der Waals surface area contributed by atoms with E-state index in [1.54, 1.807) is 12.1 Å². The summed E-state index contributed by atoms with van der Waals surface area (Å²) >= 11 is 0. The lowest BCUT2D eigenvalue weighted by Crippen LogP contribution is -2.18. The molecule has 0 radical (unpaired) electrons. The van der Waals surface area contributed by atoms with Crippen LogP contribution in [-0.4, -0.2) is 18.6 Å². The molecule has 0 spiro atoms. The zero-order valence-electron chi connectivity index (χ0n) is 7.77. The topological polar surface area (TPSA) is 65.1 Å². The second-order valence-electron chi connectivity index (χ2n) is 3.01. The van der Waals surface area contributed by atoms with Gasteiger partial charge in [-0.05, 0) is 18.6 Å². The van der Waals surface area contributed by atoms with E-state index in [0.717, 1.165) is 6.42 Å². The van der Waals surface area contributed by atoms with Crippen molar-refractivity contribution in [3.63, 3.8) is 0 Å². The Hall–Kier alpha value is -0.810. The van der Waals surface area contributed by atoms with E-state index in [9.17, 15) is 8.42 Å². The molecule has 0 aromatic carbocycles. The van der Waals surface area contributed by atoms with Crippen molar-refractivity contribution in [2.24, 2.45) is 5.73 Å². The van der Waals surface area contributed by atoms with Crippen LogP contribution in [0, 0.1) is 0 Å². The molecule has 4 nitrogen and oxygen atoms in total. The Morgan fingerprint density at radius 3 is 2.69 bits per heavy atom. The van der Waals surface area contributed by atoms with Crippen LogP contribution in [0.2, 0.25) is 0 Å². The molecule has 1 atom stereocenters. The number of nitrogens with two attached hydrogens (primary N) is 1. The molecule has 1 aromatic rings. The zero-order valence-corrected chi connectivity index (χ0v) is 8.58. The predicted octanol–water partition coefficient (Wildman–Crippen LogP) is 0.706. The number of hydrogen-bond acceptors (Lipinski definition) is 3. The summed E-state index contributed by atoms with van der Waals surface area (Å²) in [4.78, 5) is 0. The Balaban J connectivity index is 3.18. The summed E-state index contributed by atoms with van der Waals surface area (Å²) in [5.74, 6) is 0. The van der Waals surface area contributed by atoms with Crippen molar-refractivity contribution in [1.82, 2.24) is 3.97 Å². The SMILES string of the molecule is CCC(N)c1cccn1S(C)(=O)=O. The van der Waals surface area contributed by atoms with Crippen LogP contribution in [0.15, 0.2) is 18.3 Å². The van der Waals surface area contributed by atoms with Crippen molar-refractivity contribution < 1.29 is 8.42 Å². The number of rotatable bonds is 3. The monoisotopic (exact) mass is 202 g/mol. The number of aromatic nitrogens is 1. The van der Waals surface area contributed by atoms with Crippen LogP contribution in [0.3, 0.4) is 0 Å². The van der Waals surface area contributed by atoms with Crippen molar-refractivity contribution in [3.05, 3.63) is 24.0 Å². The summed E-state index contributed by atoms with van der Waals surface area (Å²) in [6.45, 7) is 1.92. The van der Waals surface area contributed by atoms with Crippen LogP contribution < -0.4 is 5.73 Å². The molecule has 0 aliphatic rings. The highest BCUT2D eigenvalue weighted by Gasteiger charge is 2.14. The van der Waals surface area contributed by atoms with E-state index in [4.69, 9.17) is 5.73 Å². The molecule has 74 valence electrons. The molecule has 0 bridgehead atoms. The third kappa shape index (κ3) is 2.10. The van der Waals surface area contributed by atoms with Gasteiger partial charge in [-0.25, -0.2) is 12.4 Å². The van der Waals surface area contributed by atoms with Crippen LogP contribution >= 0.6 is 0 Å². The van der Waals surface area contributed by atoms with Gasteiger partial charge in [0.05, 0.1) is 11.9 Å². The van der Waals surface area contributed by atoms with Crippen LogP contribution in [0.4, 0.5) is 0 Å². The Morgan fingerprint density at radius 1 is 1.62 bits per heavy atom. The van der Waals surface area contributed by atoms with Crippen LogP contribution in [0.5, 0.6) is 0 Å². The molecular formula is C8H14N2O2S. The Bertz CT molecular complexity index is 381. The summed E-state index contributed by atoms with van der Waals surface area (Å²) < 4.78 is 23.7. The predicted molar refractivity (Wildman–Crippen MR) is 51.9 cm³/mol. The van der Waals surface area contributed by atoms with Crippen molar-refractivity contribution >= 4 is 10.0 Å². The molecule has 0 aliphatic carbocycles. The Morgan fingerprint density at radius 2 is 2.23 bits per heavy atom. The van der Waals surface area contributed by atoms with Gasteiger partial charge in [-0.3, -0.25) is 0 Å². The van der Waals surface area contributed by atoms with Crippen LogP contribution in [0.1, 0.15) is 25.1 Å². The number of nitrogens with zero attached hydrogens (tertiary/aromatic N) is 1. The summed E-state index contributed by atoms with van der Waals surface area (Å²) in [7, 11) is -3.21. The quantitative estimate of drug-likeness (QED) is 0.785. The summed E-state index contributed by atoms with van der Waals surface area (Å²) in [6.07, 6.45) is 3.40. The molecule has 1 rings (SSSR count). The van der Waals surface area contributed by atoms with Gasteiger partial charge < -0.3 is 5.73 Å². The lowest BCUT2D eigenvalue weighted by atomic mass is 10.2. The van der Waals surface area contributed by atoms with Gasteiger partial charge in [0.1, 0.15) is 0 Å². The standard InChI is InChI=1S/C8H14N2O2S/c1-3-7(9)8-5-4-6-10(8)13(2,11)12/h4-7H,3,9H2,1-2H3. The van der Waals surface area contributed by atoms with E-state index in [0.29, 0.717) is 5.69 Å². The average molecular weight is 202 g/mol. The van der Waals surface area contributed by atoms with Gasteiger partial charge in [-0.2, -0.15) is 0 Å². The highest BCUT2D eigenvalue weighted by atomic mass is 32.2. The molecule has 1 heterocycles. The molecule has 5 heteroatoms. The molecule has 1 aromatic heterocycles. The molecule has 0 aliphatic heterocycles. The van der Waals surface area contributed by atoms with E-state index in [2.05, 4.69) is 0 Å². The second-order valence-corrected chi connectivity index (χ2v) is 4.87. The normalized spacial score (nSPS) is 14.4. The van der Waals surface area contributed by atoms with Crippen molar-refractivity contribution in [2.75, 3.05) is 6.26 Å². The number of hydrogen-bond donors (Lipinski definition) is 1. The van der Waals surface area contributed by atoms with E-state index in [-0.39, 0.29) is 6.04 Å². The van der Waals surface area contributed by atoms with Gasteiger partial charge in [-0.1, -0.05) is 6.92 Å². The minimum Gasteiger partial charge on any atom is -0.323 e. The second kappa shape index (κ2) is 3.51. The fourth-order valence-corrected chi connectivity index (χ4v) is 2.05. The first-order valence-electron chi connectivity index (χ1n) is 4.10. The van der Waals surface area contributed by atoms with Crippen molar-refractivity contribution in [3.8, 4) is 0 Å². The lowest BCUT2D eigenvalue weighted by molar-refractivity contribution is 0.584. The van der Waals surface area contributed by atoms with Gasteiger partial charge in [0.2, 0.25) is 10.0 Å². The maximum Gasteiger partial charge on any atom is 0.235 e. The van der Waals surface area contributed by atoms with Gasteiger partial charge in [0, 0.05) is 12.2 Å². The molecule has 0 amide bonds. The molecule has 2 N–H and O–H groups in total. The lowest BCUT2D eigenvalue weighted by Gasteiger charge is -2.11. The average Bonchev–Trinajstić information content (AvgIpc) is 2.49. The van der Waals surface area contributed by atoms with Gasteiger partial charge >= 0.3 is 0 Å². The van der Waals surface area contributed by atoms with E-state index in [1.807, 2.05) is 6.92 Å². The fourth-order valence-electron chi connectivity index (χ4n) is 1.18. The smallest absolute Gasteiger partial charge is 0.235 e. The van der Waals surface area contributed by atoms with Crippen molar-refractivity contribution in [2.45, 2.75) is 19.4 Å². The Labute approximate surface area is 78.4 Å². The third-order valence-electron chi connectivity index (χ3n) is 1.92. The molecule has 0 saturated carbocycles. The van der Waals surface area contributed by atoms with Gasteiger partial charge in [0.25, 0.3) is 0 Å². The Kier molecular flexibility index (Phi) is 2.77. The maximum atomic E-state index is 11.2. The molecular weight excluding hydrogens is 188 g/mol. The minimum atomic E-state index is -3.21. The van der Waals surface area contributed by atoms with Gasteiger partial charge in [-0.15, -0.1) is 0 Å². The van der Waals surface area contributed by atoms with Gasteiger partial charge in [0.15, 0.2) is 0 Å². The highest BCUT2D eigenvalue weighted by Crippen LogP contribution is 2.15. The highest BCUT2D eigenvalue weighted by molar-refractivity contribution is 7.89. The molecule has 13 heavy (non-hydrogen) atoms. The third-order valence-corrected chi connectivity index (χ3v) is 2.97. The van der Waals surface area contributed by atoms with E-state index in [1.165, 1.54) is 16.4 Å². The van der Waals surface area contributed by atoms with Crippen LogP contribution in [-0.2, 0) is 10.0 Å². The minimum absolute atomic E-state index is 0.218. The summed E-state index contributed by atoms with van der Waals surface area (Å²) in [5, 5.41) is 0. The first kappa shape index (κ1) is 10.3. The first-order valence-corrected chi connectivity index (χ1v) is 5.95. The maximum absolute atomic E-state index is 11.2.